The maximum absolute atomic E-state index is 12.3. The molecule has 166 valence electrons. The number of rotatable bonds is 20. The first-order chi connectivity index (χ1) is 13.6. The van der Waals surface area contributed by atoms with Gasteiger partial charge in [0.15, 0.2) is 0 Å². The molecule has 0 radical (unpaired) electrons. The van der Waals surface area contributed by atoms with Gasteiger partial charge in [-0.05, 0) is 32.1 Å². The minimum Gasteiger partial charge on any atom is -0.330 e. The second-order valence-electron chi connectivity index (χ2n) is 8.25. The van der Waals surface area contributed by atoms with Crippen molar-refractivity contribution in [2.45, 2.75) is 103 Å². The first-order valence-electron chi connectivity index (χ1n) is 11.6. The second-order valence-corrected chi connectivity index (χ2v) is 8.25. The third-order valence-corrected chi connectivity index (χ3v) is 5.91. The van der Waals surface area contributed by atoms with Crippen molar-refractivity contribution in [1.82, 2.24) is 0 Å². The van der Waals surface area contributed by atoms with Gasteiger partial charge in [0.05, 0.1) is 6.04 Å². The Labute approximate surface area is 174 Å². The van der Waals surface area contributed by atoms with Crippen LogP contribution < -0.4 is 22.9 Å². The lowest BCUT2D eigenvalue weighted by Crippen LogP contribution is -2.59. The van der Waals surface area contributed by atoms with Crippen molar-refractivity contribution < 1.29 is 4.79 Å². The van der Waals surface area contributed by atoms with Crippen LogP contribution in [-0.4, -0.2) is 31.5 Å². The van der Waals surface area contributed by atoms with Crippen LogP contribution in [0.25, 0.3) is 0 Å². The first kappa shape index (κ1) is 27.2. The predicted molar refractivity (Wildman–Crippen MR) is 122 cm³/mol. The molecule has 8 N–H and O–H groups in total. The lowest BCUT2D eigenvalue weighted by atomic mass is 9.77. The number of ketones is 1. The molecule has 1 atom stereocenters. The summed E-state index contributed by atoms with van der Waals surface area (Å²) in [4.78, 5) is 12.3. The van der Waals surface area contributed by atoms with Gasteiger partial charge in [-0.3, -0.25) is 4.79 Å². The molecule has 0 fully saturated rings. The van der Waals surface area contributed by atoms with Gasteiger partial charge in [0, 0.05) is 31.5 Å². The van der Waals surface area contributed by atoms with E-state index >= 15 is 0 Å². The first-order valence-corrected chi connectivity index (χ1v) is 11.6. The predicted octanol–water partition coefficient (Wildman–Crippen LogP) is 3.78. The van der Waals surface area contributed by atoms with Gasteiger partial charge in [-0.25, -0.2) is 0 Å². The van der Waals surface area contributed by atoms with E-state index in [0.29, 0.717) is 6.42 Å². The third kappa shape index (κ3) is 11.9. The van der Waals surface area contributed by atoms with Crippen LogP contribution in [0.3, 0.4) is 0 Å². The summed E-state index contributed by atoms with van der Waals surface area (Å²) in [6, 6.07) is -0.649. The molecule has 0 heterocycles. The molecule has 0 aliphatic rings. The molecule has 0 aromatic heterocycles. The Balaban J connectivity index is 3.61. The molecule has 5 nitrogen and oxygen atoms in total. The quantitative estimate of drug-likeness (QED) is 0.184. The number of hydrogen-bond donors (Lipinski definition) is 4. The summed E-state index contributed by atoms with van der Waals surface area (Å²) in [6.45, 7) is 3.01. The Hall–Kier alpha value is -0.750. The van der Waals surface area contributed by atoms with Gasteiger partial charge >= 0.3 is 0 Å². The molecule has 0 aliphatic heterocycles. The van der Waals surface area contributed by atoms with E-state index < -0.39 is 11.5 Å². The van der Waals surface area contributed by atoms with Gasteiger partial charge in [0.2, 0.25) is 0 Å². The topological polar surface area (TPSA) is 121 Å². The zero-order valence-corrected chi connectivity index (χ0v) is 18.5. The van der Waals surface area contributed by atoms with Gasteiger partial charge in [-0.2, -0.15) is 0 Å². The number of hydrogen-bond acceptors (Lipinski definition) is 5. The molecule has 0 spiro atoms. The number of allylic oxidation sites excluding steroid dienone is 2. The highest BCUT2D eigenvalue weighted by atomic mass is 16.1. The van der Waals surface area contributed by atoms with Crippen LogP contribution in [0.1, 0.15) is 96.8 Å². The van der Waals surface area contributed by atoms with Crippen molar-refractivity contribution in [3.8, 4) is 0 Å². The molecule has 0 rings (SSSR count). The van der Waals surface area contributed by atoms with Crippen molar-refractivity contribution in [3.05, 3.63) is 12.2 Å². The minimum atomic E-state index is -0.654. The van der Waals surface area contributed by atoms with Crippen LogP contribution >= 0.6 is 0 Å². The second kappa shape index (κ2) is 18.3. The van der Waals surface area contributed by atoms with Crippen LogP contribution in [0.15, 0.2) is 12.2 Å². The van der Waals surface area contributed by atoms with Crippen molar-refractivity contribution >= 4 is 5.78 Å². The van der Waals surface area contributed by atoms with Gasteiger partial charge in [0.1, 0.15) is 5.78 Å². The third-order valence-electron chi connectivity index (χ3n) is 5.91. The highest BCUT2D eigenvalue weighted by Gasteiger charge is 2.36. The van der Waals surface area contributed by atoms with E-state index in [4.69, 9.17) is 22.9 Å². The number of carbonyl (C=O) groups excluding carboxylic acids is 1. The van der Waals surface area contributed by atoms with Gasteiger partial charge < -0.3 is 22.9 Å². The summed E-state index contributed by atoms with van der Waals surface area (Å²) in [6.07, 6.45) is 21.3. The van der Waals surface area contributed by atoms with Crippen molar-refractivity contribution in [1.29, 1.82) is 0 Å². The van der Waals surface area contributed by atoms with E-state index in [-0.39, 0.29) is 25.4 Å². The van der Waals surface area contributed by atoms with E-state index in [0.717, 1.165) is 12.8 Å². The molecule has 0 amide bonds. The van der Waals surface area contributed by atoms with E-state index in [2.05, 4.69) is 19.1 Å². The molecule has 0 aliphatic carbocycles. The monoisotopic (exact) mass is 396 g/mol. The highest BCUT2D eigenvalue weighted by molar-refractivity contribution is 5.84. The SMILES string of the molecule is CCCCCCCC/C=C\CCCCCCCC(=O)C(N)C(CN)(CN)CN. The van der Waals surface area contributed by atoms with Gasteiger partial charge in [0.25, 0.3) is 0 Å². The van der Waals surface area contributed by atoms with Gasteiger partial charge in [-0.1, -0.05) is 70.4 Å². The maximum atomic E-state index is 12.3. The molecule has 28 heavy (non-hydrogen) atoms. The molecule has 0 saturated heterocycles. The summed E-state index contributed by atoms with van der Waals surface area (Å²) < 4.78 is 0. The average Bonchev–Trinajstić information content (AvgIpc) is 2.72. The summed E-state index contributed by atoms with van der Waals surface area (Å²) in [5, 5.41) is 0. The Morgan fingerprint density at radius 1 is 0.750 bits per heavy atom. The van der Waals surface area contributed by atoms with E-state index in [1.807, 2.05) is 0 Å². The molecule has 0 saturated carbocycles. The zero-order chi connectivity index (χ0) is 21.1. The van der Waals surface area contributed by atoms with Crippen LogP contribution in [0.2, 0.25) is 0 Å². The number of unbranched alkanes of at least 4 members (excludes halogenated alkanes) is 11. The van der Waals surface area contributed by atoms with E-state index in [1.165, 1.54) is 70.6 Å². The zero-order valence-electron chi connectivity index (χ0n) is 18.5. The fraction of sp³-hybridized carbons (Fsp3) is 0.870. The molecule has 0 aromatic rings. The molecule has 1 unspecified atom stereocenters. The lowest BCUT2D eigenvalue weighted by molar-refractivity contribution is -0.123. The Bertz CT molecular complexity index is 386. The highest BCUT2D eigenvalue weighted by Crippen LogP contribution is 2.19. The molecular formula is C23H48N4O. The number of Topliss-reactive ketones (excluding diaryl/α,β-unsaturated/α-hetero) is 1. The lowest BCUT2D eigenvalue weighted by Gasteiger charge is -2.34. The summed E-state index contributed by atoms with van der Waals surface area (Å²) in [5.74, 6) is 0.0407. The molecule has 5 heteroatoms. The van der Waals surface area contributed by atoms with Crippen LogP contribution in [-0.2, 0) is 4.79 Å². The average molecular weight is 397 g/mol. The maximum Gasteiger partial charge on any atom is 0.150 e. The summed E-state index contributed by atoms with van der Waals surface area (Å²) in [7, 11) is 0. The van der Waals surface area contributed by atoms with E-state index in [1.54, 1.807) is 0 Å². The standard InChI is InChI=1S/C23H48N4O/c1-2-3-4-5-6-7-8-9-10-11-12-13-14-15-16-17-21(28)22(27)23(18-24,19-25)20-26/h9-10,22H,2-8,11-20,24-27H2,1H3/b10-9-. The van der Waals surface area contributed by atoms with E-state index in [9.17, 15) is 4.79 Å². The fourth-order valence-electron chi connectivity index (χ4n) is 3.50. The largest absolute Gasteiger partial charge is 0.330 e. The fourth-order valence-corrected chi connectivity index (χ4v) is 3.50. The summed E-state index contributed by atoms with van der Waals surface area (Å²) in [5.41, 5.74) is 22.7. The van der Waals surface area contributed by atoms with Crippen LogP contribution in [0.5, 0.6) is 0 Å². The smallest absolute Gasteiger partial charge is 0.150 e. The Morgan fingerprint density at radius 2 is 1.18 bits per heavy atom. The molecule has 0 bridgehead atoms. The summed E-state index contributed by atoms with van der Waals surface area (Å²) >= 11 is 0. The minimum absolute atomic E-state index is 0.0407. The van der Waals surface area contributed by atoms with Crippen molar-refractivity contribution in [2.24, 2.45) is 28.3 Å². The van der Waals surface area contributed by atoms with Crippen LogP contribution in [0, 0.1) is 5.41 Å². The Kier molecular flexibility index (Phi) is 17.8. The normalized spacial score (nSPS) is 13.3. The number of carbonyl (C=O) groups is 1. The van der Waals surface area contributed by atoms with Crippen LogP contribution in [0.4, 0.5) is 0 Å². The Morgan fingerprint density at radius 3 is 1.64 bits per heavy atom. The number of nitrogens with two attached hydrogens (primary N) is 4. The van der Waals surface area contributed by atoms with Gasteiger partial charge in [-0.15, -0.1) is 0 Å². The van der Waals surface area contributed by atoms with Crippen molar-refractivity contribution in [3.63, 3.8) is 0 Å². The van der Waals surface area contributed by atoms with Crippen molar-refractivity contribution in [2.75, 3.05) is 19.6 Å². The molecular weight excluding hydrogens is 348 g/mol. The molecule has 0 aromatic carbocycles.